The molecule has 1 N–H and O–H groups in total. The van der Waals surface area contributed by atoms with Crippen molar-refractivity contribution in [2.75, 3.05) is 0 Å². The summed E-state index contributed by atoms with van der Waals surface area (Å²) < 4.78 is 10.3. The van der Waals surface area contributed by atoms with Gasteiger partial charge in [0.2, 0.25) is 0 Å². The molecule has 5 heteroatoms. The molecule has 19 heavy (non-hydrogen) atoms. The number of aromatic amines is 1. The van der Waals surface area contributed by atoms with Crippen LogP contribution in [-0.2, 0) is 0 Å². The molecule has 5 nitrogen and oxygen atoms in total. The van der Waals surface area contributed by atoms with Gasteiger partial charge in [-0.2, -0.15) is 0 Å². The minimum absolute atomic E-state index is 0.731. The van der Waals surface area contributed by atoms with Crippen LogP contribution in [0.4, 0.5) is 0 Å². The lowest BCUT2D eigenvalue weighted by molar-refractivity contribution is 0.422. The molecule has 0 aliphatic rings. The number of aromatic nitrogens is 3. The van der Waals surface area contributed by atoms with Crippen molar-refractivity contribution < 1.29 is 8.94 Å². The molecule has 3 heterocycles. The van der Waals surface area contributed by atoms with Gasteiger partial charge in [0.1, 0.15) is 12.0 Å². The maximum absolute atomic E-state index is 5.40. The molecular weight excluding hydrogens is 242 g/mol. The van der Waals surface area contributed by atoms with Crippen LogP contribution in [0.25, 0.3) is 33.5 Å². The van der Waals surface area contributed by atoms with E-state index >= 15 is 0 Å². The second kappa shape index (κ2) is 3.84. The Balaban J connectivity index is 2.07. The number of nitrogens with zero attached hydrogens (tertiary/aromatic N) is 2. The van der Waals surface area contributed by atoms with Crippen LogP contribution in [0.5, 0.6) is 0 Å². The van der Waals surface area contributed by atoms with Gasteiger partial charge in [0.05, 0.1) is 6.20 Å². The van der Waals surface area contributed by atoms with Crippen molar-refractivity contribution in [2.45, 2.75) is 0 Å². The van der Waals surface area contributed by atoms with Crippen molar-refractivity contribution in [1.82, 2.24) is 15.1 Å². The summed E-state index contributed by atoms with van der Waals surface area (Å²) in [7, 11) is 0. The fourth-order valence-electron chi connectivity index (χ4n) is 2.29. The Morgan fingerprint density at radius 1 is 1.11 bits per heavy atom. The molecule has 0 fully saturated rings. The zero-order valence-corrected chi connectivity index (χ0v) is 9.83. The Labute approximate surface area is 107 Å². The molecule has 0 atom stereocenters. The van der Waals surface area contributed by atoms with E-state index in [0.717, 1.165) is 33.5 Å². The molecule has 0 unspecified atom stereocenters. The average molecular weight is 251 g/mol. The molecular formula is C14H9N3O2. The smallest absolute Gasteiger partial charge is 0.181 e. The predicted molar refractivity (Wildman–Crippen MR) is 69.3 cm³/mol. The molecule has 0 radical (unpaired) electrons. The maximum atomic E-state index is 5.40. The van der Waals surface area contributed by atoms with Gasteiger partial charge in [-0.25, -0.2) is 4.98 Å². The molecule has 1 aromatic carbocycles. The third kappa shape index (κ3) is 1.48. The lowest BCUT2D eigenvalue weighted by Gasteiger charge is -2.01. The monoisotopic (exact) mass is 251 g/mol. The van der Waals surface area contributed by atoms with Crippen LogP contribution in [0, 0.1) is 0 Å². The highest BCUT2D eigenvalue weighted by Gasteiger charge is 2.14. The van der Waals surface area contributed by atoms with Gasteiger partial charge < -0.3 is 13.9 Å². The minimum atomic E-state index is 0.731. The van der Waals surface area contributed by atoms with Crippen LogP contribution in [0.3, 0.4) is 0 Å². The van der Waals surface area contributed by atoms with Crippen molar-refractivity contribution in [3.8, 4) is 22.6 Å². The number of rotatable bonds is 2. The molecule has 0 aliphatic carbocycles. The molecule has 3 aromatic heterocycles. The Morgan fingerprint density at radius 3 is 2.89 bits per heavy atom. The summed E-state index contributed by atoms with van der Waals surface area (Å²) in [5.74, 6) is 0.731. The molecule has 0 aliphatic heterocycles. The van der Waals surface area contributed by atoms with Gasteiger partial charge in [-0.05, 0) is 6.07 Å². The van der Waals surface area contributed by atoms with E-state index in [1.807, 2.05) is 30.5 Å². The summed E-state index contributed by atoms with van der Waals surface area (Å²) in [6.45, 7) is 0. The van der Waals surface area contributed by atoms with Crippen LogP contribution >= 0.6 is 0 Å². The van der Waals surface area contributed by atoms with Crippen molar-refractivity contribution >= 4 is 10.9 Å². The summed E-state index contributed by atoms with van der Waals surface area (Å²) in [4.78, 5) is 7.21. The first-order valence-electron chi connectivity index (χ1n) is 5.83. The van der Waals surface area contributed by atoms with E-state index in [2.05, 4.69) is 15.1 Å². The minimum Gasteiger partial charge on any atom is -0.443 e. The van der Waals surface area contributed by atoms with Gasteiger partial charge in [-0.15, -0.1) is 0 Å². The Morgan fingerprint density at radius 2 is 2.11 bits per heavy atom. The van der Waals surface area contributed by atoms with Gasteiger partial charge in [0, 0.05) is 34.3 Å². The number of nitrogens with one attached hydrogen (secondary N) is 1. The molecule has 0 bridgehead atoms. The quantitative estimate of drug-likeness (QED) is 0.592. The van der Waals surface area contributed by atoms with Gasteiger partial charge in [-0.1, -0.05) is 17.3 Å². The fraction of sp³-hybridized carbons (Fsp3) is 0. The van der Waals surface area contributed by atoms with Gasteiger partial charge >= 0.3 is 0 Å². The Hall–Kier alpha value is -2.82. The summed E-state index contributed by atoms with van der Waals surface area (Å²) >= 11 is 0. The topological polar surface area (TPSA) is 67.8 Å². The first kappa shape index (κ1) is 10.1. The van der Waals surface area contributed by atoms with Crippen LogP contribution in [0.2, 0.25) is 0 Å². The van der Waals surface area contributed by atoms with Crippen molar-refractivity contribution in [2.24, 2.45) is 0 Å². The molecule has 4 rings (SSSR count). The second-order valence-electron chi connectivity index (χ2n) is 4.18. The number of H-pyrrole nitrogens is 1. The third-order valence-electron chi connectivity index (χ3n) is 3.12. The first-order chi connectivity index (χ1) is 9.43. The molecule has 0 amide bonds. The second-order valence-corrected chi connectivity index (χ2v) is 4.18. The molecule has 4 aromatic rings. The van der Waals surface area contributed by atoms with Crippen molar-refractivity contribution in [3.05, 3.63) is 49.3 Å². The summed E-state index contributed by atoms with van der Waals surface area (Å²) in [6.07, 6.45) is 6.61. The average Bonchev–Trinajstić information content (AvgIpc) is 3.18. The van der Waals surface area contributed by atoms with Crippen LogP contribution in [-0.4, -0.2) is 15.1 Å². The lowest BCUT2D eigenvalue weighted by atomic mass is 10.0. The van der Waals surface area contributed by atoms with E-state index in [1.54, 1.807) is 12.5 Å². The normalized spacial score (nSPS) is 11.2. The zero-order valence-electron chi connectivity index (χ0n) is 9.83. The lowest BCUT2D eigenvalue weighted by Crippen LogP contribution is -1.80. The van der Waals surface area contributed by atoms with E-state index in [1.165, 1.54) is 6.39 Å². The van der Waals surface area contributed by atoms with Crippen molar-refractivity contribution in [3.63, 3.8) is 0 Å². The van der Waals surface area contributed by atoms with Gasteiger partial charge in [-0.3, -0.25) is 0 Å². The van der Waals surface area contributed by atoms with Gasteiger partial charge in [0.15, 0.2) is 12.2 Å². The van der Waals surface area contributed by atoms with E-state index in [9.17, 15) is 0 Å². The summed E-state index contributed by atoms with van der Waals surface area (Å²) in [5, 5.41) is 5.04. The Bertz CT molecular complexity index is 814. The van der Waals surface area contributed by atoms with Gasteiger partial charge in [0.25, 0.3) is 0 Å². The van der Waals surface area contributed by atoms with Crippen molar-refractivity contribution in [1.29, 1.82) is 0 Å². The highest BCUT2D eigenvalue weighted by atomic mass is 16.5. The molecule has 0 saturated heterocycles. The number of oxazole rings is 1. The predicted octanol–water partition coefficient (Wildman–Crippen LogP) is 3.48. The van der Waals surface area contributed by atoms with Crippen LogP contribution < -0.4 is 0 Å². The first-order valence-corrected chi connectivity index (χ1v) is 5.83. The molecule has 92 valence electrons. The fourth-order valence-corrected chi connectivity index (χ4v) is 2.29. The standard InChI is InChI=1S/C14H9N3O2/c1-2-9(13-7-15-8-18-13)14-10(6-16-12(14)3-1)11-4-5-19-17-11/h1-8,16H. The van der Waals surface area contributed by atoms with E-state index in [4.69, 9.17) is 8.94 Å². The highest BCUT2D eigenvalue weighted by molar-refractivity contribution is 6.04. The highest BCUT2D eigenvalue weighted by Crippen LogP contribution is 2.35. The van der Waals surface area contributed by atoms with Crippen LogP contribution in [0.1, 0.15) is 0 Å². The number of hydrogen-bond donors (Lipinski definition) is 1. The van der Waals surface area contributed by atoms with E-state index < -0.39 is 0 Å². The number of fused-ring (bicyclic) bond motifs is 1. The van der Waals surface area contributed by atoms with E-state index in [0.29, 0.717) is 0 Å². The third-order valence-corrected chi connectivity index (χ3v) is 3.12. The van der Waals surface area contributed by atoms with E-state index in [-0.39, 0.29) is 0 Å². The SMILES string of the molecule is c1cc(-c2cnco2)c2c(-c3ccon3)c[nH]c2c1. The summed E-state index contributed by atoms with van der Waals surface area (Å²) in [6, 6.07) is 7.82. The maximum Gasteiger partial charge on any atom is 0.181 e. The molecule has 0 saturated carbocycles. The summed E-state index contributed by atoms with van der Waals surface area (Å²) in [5.41, 5.74) is 3.77. The zero-order chi connectivity index (χ0) is 12.7. The number of hydrogen-bond acceptors (Lipinski definition) is 4. The number of benzene rings is 1. The largest absolute Gasteiger partial charge is 0.443 e. The Kier molecular flexibility index (Phi) is 2.05. The molecule has 0 spiro atoms. The van der Waals surface area contributed by atoms with Crippen LogP contribution in [0.15, 0.2) is 58.3 Å².